The summed E-state index contributed by atoms with van der Waals surface area (Å²) >= 11 is 0. The number of hydrogen-bond donors (Lipinski definition) is 2. The van der Waals surface area contributed by atoms with Crippen LogP contribution in [-0.2, 0) is 20.9 Å². The molecule has 0 saturated heterocycles. The van der Waals surface area contributed by atoms with Crippen molar-refractivity contribution in [1.82, 2.24) is 9.97 Å². The maximum Gasteiger partial charge on any atom is 0.342 e. The van der Waals surface area contributed by atoms with E-state index in [1.807, 2.05) is 0 Å². The molecule has 1 saturated carbocycles. The standard InChI is InChI=1S/C18H23N3O6/c1-3-25-16(22)12-10(2)27-15-13(12)14(19)20-11(21-15)9-26-17(23)18(24)7-5-4-6-8-18/h24H,3-9H2,1-2H3,(H2,19,20,21). The topological polar surface area (TPSA) is 138 Å². The number of aromatic nitrogens is 2. The minimum absolute atomic E-state index is 0.0299. The Kier molecular flexibility index (Phi) is 5.31. The van der Waals surface area contributed by atoms with Gasteiger partial charge in [0.25, 0.3) is 0 Å². The van der Waals surface area contributed by atoms with E-state index in [9.17, 15) is 14.7 Å². The van der Waals surface area contributed by atoms with Gasteiger partial charge in [0.15, 0.2) is 18.0 Å². The Morgan fingerprint density at radius 2 is 1.93 bits per heavy atom. The third kappa shape index (κ3) is 3.73. The highest BCUT2D eigenvalue weighted by Gasteiger charge is 2.38. The molecule has 0 aliphatic heterocycles. The summed E-state index contributed by atoms with van der Waals surface area (Å²) in [6.07, 6.45) is 3.32. The minimum Gasteiger partial charge on any atom is -0.462 e. The van der Waals surface area contributed by atoms with E-state index in [-0.39, 0.29) is 41.5 Å². The van der Waals surface area contributed by atoms with E-state index in [4.69, 9.17) is 19.6 Å². The third-order valence-electron chi connectivity index (χ3n) is 4.67. The number of furan rings is 1. The van der Waals surface area contributed by atoms with Crippen molar-refractivity contribution in [2.75, 3.05) is 12.3 Å². The second kappa shape index (κ2) is 7.51. The lowest BCUT2D eigenvalue weighted by Gasteiger charge is -2.29. The number of anilines is 1. The van der Waals surface area contributed by atoms with Gasteiger partial charge in [-0.25, -0.2) is 14.6 Å². The Bertz CT molecular complexity index is 870. The summed E-state index contributed by atoms with van der Waals surface area (Å²) in [5, 5.41) is 10.7. The molecule has 1 aliphatic carbocycles. The average Bonchev–Trinajstić information content (AvgIpc) is 2.97. The van der Waals surface area contributed by atoms with Gasteiger partial charge in [-0.05, 0) is 39.5 Å². The summed E-state index contributed by atoms with van der Waals surface area (Å²) < 4.78 is 15.7. The van der Waals surface area contributed by atoms with Crippen molar-refractivity contribution in [3.63, 3.8) is 0 Å². The molecule has 2 aromatic heterocycles. The summed E-state index contributed by atoms with van der Waals surface area (Å²) in [5.41, 5.74) is 4.82. The molecule has 0 aromatic carbocycles. The molecule has 0 radical (unpaired) electrons. The number of ether oxygens (including phenoxy) is 2. The maximum atomic E-state index is 12.2. The first-order chi connectivity index (χ1) is 12.9. The molecule has 0 spiro atoms. The highest BCUT2D eigenvalue weighted by atomic mass is 16.6. The molecule has 1 fully saturated rings. The van der Waals surface area contributed by atoms with Gasteiger partial charge in [-0.2, -0.15) is 4.98 Å². The fourth-order valence-electron chi connectivity index (χ4n) is 3.30. The van der Waals surface area contributed by atoms with Gasteiger partial charge in [-0.1, -0.05) is 6.42 Å². The van der Waals surface area contributed by atoms with Crippen LogP contribution in [0.1, 0.15) is 61.0 Å². The number of hydrogen-bond acceptors (Lipinski definition) is 9. The highest BCUT2D eigenvalue weighted by Crippen LogP contribution is 2.31. The first-order valence-electron chi connectivity index (χ1n) is 8.98. The Labute approximate surface area is 155 Å². The number of nitrogen functional groups attached to an aromatic ring is 1. The van der Waals surface area contributed by atoms with Crippen LogP contribution in [0, 0.1) is 6.92 Å². The van der Waals surface area contributed by atoms with Gasteiger partial charge >= 0.3 is 11.9 Å². The molecule has 1 aliphatic rings. The largest absolute Gasteiger partial charge is 0.462 e. The molecule has 0 atom stereocenters. The van der Waals surface area contributed by atoms with E-state index in [1.54, 1.807) is 13.8 Å². The Morgan fingerprint density at radius 1 is 1.22 bits per heavy atom. The van der Waals surface area contributed by atoms with E-state index in [1.165, 1.54) is 0 Å². The van der Waals surface area contributed by atoms with Crippen molar-refractivity contribution in [1.29, 1.82) is 0 Å². The van der Waals surface area contributed by atoms with Crippen LogP contribution in [0.5, 0.6) is 0 Å². The molecule has 2 aromatic rings. The number of esters is 2. The zero-order valence-electron chi connectivity index (χ0n) is 15.4. The fraction of sp³-hybridized carbons (Fsp3) is 0.556. The van der Waals surface area contributed by atoms with Gasteiger partial charge in [0.1, 0.15) is 17.1 Å². The van der Waals surface area contributed by atoms with E-state index in [0.29, 0.717) is 18.6 Å². The van der Waals surface area contributed by atoms with Gasteiger partial charge in [0.2, 0.25) is 5.71 Å². The van der Waals surface area contributed by atoms with Gasteiger partial charge in [0, 0.05) is 0 Å². The van der Waals surface area contributed by atoms with Crippen molar-refractivity contribution in [2.24, 2.45) is 0 Å². The summed E-state index contributed by atoms with van der Waals surface area (Å²) in [7, 11) is 0. The number of fused-ring (bicyclic) bond motifs is 1. The zero-order valence-corrected chi connectivity index (χ0v) is 15.4. The molecule has 3 rings (SSSR count). The number of nitrogens with zero attached hydrogens (tertiary/aromatic N) is 2. The molecule has 3 N–H and O–H groups in total. The van der Waals surface area contributed by atoms with E-state index in [2.05, 4.69) is 9.97 Å². The monoisotopic (exact) mass is 377 g/mol. The van der Waals surface area contributed by atoms with E-state index >= 15 is 0 Å². The van der Waals surface area contributed by atoms with Crippen LogP contribution in [0.25, 0.3) is 11.1 Å². The molecule has 0 bridgehead atoms. The van der Waals surface area contributed by atoms with E-state index in [0.717, 1.165) is 19.3 Å². The Balaban J connectivity index is 1.80. The van der Waals surface area contributed by atoms with Gasteiger partial charge in [-0.3, -0.25) is 0 Å². The third-order valence-corrected chi connectivity index (χ3v) is 4.67. The molecule has 146 valence electrons. The smallest absolute Gasteiger partial charge is 0.342 e. The van der Waals surface area contributed by atoms with Crippen molar-refractivity contribution in [3.05, 3.63) is 17.1 Å². The SMILES string of the molecule is CCOC(=O)c1c(C)oc2nc(COC(=O)C3(O)CCCCC3)nc(N)c12. The first kappa shape index (κ1) is 19.1. The number of nitrogens with two attached hydrogens (primary N) is 1. The number of rotatable bonds is 5. The lowest BCUT2D eigenvalue weighted by atomic mass is 9.85. The van der Waals surface area contributed by atoms with Crippen molar-refractivity contribution < 1.29 is 28.6 Å². The van der Waals surface area contributed by atoms with Crippen LogP contribution in [0.2, 0.25) is 0 Å². The first-order valence-corrected chi connectivity index (χ1v) is 8.98. The highest BCUT2D eigenvalue weighted by molar-refractivity contribution is 6.07. The molecular weight excluding hydrogens is 354 g/mol. The molecule has 9 nitrogen and oxygen atoms in total. The van der Waals surface area contributed by atoms with Crippen molar-refractivity contribution in [2.45, 2.75) is 58.2 Å². The van der Waals surface area contributed by atoms with Crippen LogP contribution >= 0.6 is 0 Å². The van der Waals surface area contributed by atoms with E-state index < -0.39 is 17.5 Å². The summed E-state index contributed by atoms with van der Waals surface area (Å²) in [6, 6.07) is 0. The minimum atomic E-state index is -1.45. The number of aliphatic hydroxyl groups is 1. The lowest BCUT2D eigenvalue weighted by molar-refractivity contribution is -0.170. The fourth-order valence-corrected chi connectivity index (χ4v) is 3.30. The quantitative estimate of drug-likeness (QED) is 0.749. The average molecular weight is 377 g/mol. The maximum absolute atomic E-state index is 12.2. The van der Waals surface area contributed by atoms with Gasteiger partial charge < -0.3 is 24.7 Å². The molecule has 0 amide bonds. The van der Waals surface area contributed by atoms with Crippen LogP contribution in [0.15, 0.2) is 4.42 Å². The van der Waals surface area contributed by atoms with Crippen LogP contribution in [0.4, 0.5) is 5.82 Å². The van der Waals surface area contributed by atoms with Crippen molar-refractivity contribution >= 4 is 28.9 Å². The van der Waals surface area contributed by atoms with Gasteiger partial charge in [-0.15, -0.1) is 0 Å². The molecule has 9 heteroatoms. The predicted molar refractivity (Wildman–Crippen MR) is 94.7 cm³/mol. The Morgan fingerprint density at radius 3 is 2.59 bits per heavy atom. The number of carbonyl (C=O) groups is 2. The summed E-state index contributed by atoms with van der Waals surface area (Å²) in [6.45, 7) is 3.26. The van der Waals surface area contributed by atoms with Crippen LogP contribution in [0.3, 0.4) is 0 Å². The zero-order chi connectivity index (χ0) is 19.6. The Hall–Kier alpha value is -2.68. The summed E-state index contributed by atoms with van der Waals surface area (Å²) in [5.74, 6) is -0.788. The lowest BCUT2D eigenvalue weighted by Crippen LogP contribution is -2.41. The van der Waals surface area contributed by atoms with Gasteiger partial charge in [0.05, 0.1) is 12.0 Å². The second-order valence-electron chi connectivity index (χ2n) is 6.63. The normalized spacial score (nSPS) is 16.3. The second-order valence-corrected chi connectivity index (χ2v) is 6.63. The molecule has 2 heterocycles. The summed E-state index contributed by atoms with van der Waals surface area (Å²) in [4.78, 5) is 32.6. The van der Waals surface area contributed by atoms with Crippen molar-refractivity contribution in [3.8, 4) is 0 Å². The van der Waals surface area contributed by atoms with Crippen LogP contribution in [-0.4, -0.2) is 39.2 Å². The number of aryl methyl sites for hydroxylation is 1. The van der Waals surface area contributed by atoms with Crippen LogP contribution < -0.4 is 5.73 Å². The number of carbonyl (C=O) groups excluding carboxylic acids is 2. The molecule has 27 heavy (non-hydrogen) atoms. The predicted octanol–water partition coefficient (Wildman–Crippen LogP) is 2.03. The molecular formula is C18H23N3O6. The molecule has 0 unspecified atom stereocenters.